The van der Waals surface area contributed by atoms with E-state index in [1.165, 1.54) is 28.8 Å². The van der Waals surface area contributed by atoms with Gasteiger partial charge in [0.2, 0.25) is 5.91 Å². The van der Waals surface area contributed by atoms with Crippen LogP contribution in [0.4, 0.5) is 15.8 Å². The number of nitrogens with two attached hydrogens (primary N) is 1. The van der Waals surface area contributed by atoms with Crippen molar-refractivity contribution in [2.24, 2.45) is 5.41 Å². The van der Waals surface area contributed by atoms with Gasteiger partial charge in [-0.3, -0.25) is 19.1 Å². The third-order valence-corrected chi connectivity index (χ3v) is 10.7. The Hall–Kier alpha value is -4.29. The summed E-state index contributed by atoms with van der Waals surface area (Å²) < 4.78 is 43.8. The summed E-state index contributed by atoms with van der Waals surface area (Å²) in [6.45, 7) is 11.3. The minimum atomic E-state index is -4.12. The number of amides is 1. The zero-order valence-electron chi connectivity index (χ0n) is 26.7. The Balaban J connectivity index is 1.65. The molecule has 2 saturated heterocycles. The van der Waals surface area contributed by atoms with Crippen molar-refractivity contribution in [1.29, 1.82) is 0 Å². The van der Waals surface area contributed by atoms with Crippen LogP contribution >= 0.6 is 11.6 Å². The summed E-state index contributed by atoms with van der Waals surface area (Å²) in [5, 5.41) is 0.359. The van der Waals surface area contributed by atoms with Crippen LogP contribution in [0.5, 0.6) is 0 Å². The number of carbonyl (C=O) groups is 1. The zero-order valence-corrected chi connectivity index (χ0v) is 28.3. The normalized spacial score (nSPS) is 16.1. The van der Waals surface area contributed by atoms with Crippen molar-refractivity contribution in [2.45, 2.75) is 44.4 Å². The predicted molar refractivity (Wildman–Crippen MR) is 183 cm³/mol. The second-order valence-corrected chi connectivity index (χ2v) is 15.2. The topological polar surface area (TPSA) is 131 Å². The molecule has 5 heterocycles. The average molecular weight is 679 g/mol. The largest absolute Gasteiger partial charge is 0.398 e. The van der Waals surface area contributed by atoms with E-state index in [1.807, 2.05) is 25.7 Å². The molecule has 2 N–H and O–H groups in total. The van der Waals surface area contributed by atoms with Gasteiger partial charge >= 0.3 is 0 Å². The summed E-state index contributed by atoms with van der Waals surface area (Å²) >= 11 is 6.85. The summed E-state index contributed by atoms with van der Waals surface area (Å²) in [7, 11) is -4.12. The molecule has 1 spiro atoms. The molecule has 2 aliphatic rings. The molecule has 0 unspecified atom stereocenters. The third-order valence-electron chi connectivity index (χ3n) is 9.29. The second-order valence-electron chi connectivity index (χ2n) is 12.9. The highest BCUT2D eigenvalue weighted by Crippen LogP contribution is 2.45. The van der Waals surface area contributed by atoms with Crippen LogP contribution < -0.4 is 16.2 Å². The lowest BCUT2D eigenvalue weighted by Crippen LogP contribution is -2.61. The van der Waals surface area contributed by atoms with Crippen LogP contribution in [0.3, 0.4) is 0 Å². The number of nitrogen functional groups attached to an aromatic ring is 1. The van der Waals surface area contributed by atoms with Gasteiger partial charge in [0.1, 0.15) is 11.5 Å². The van der Waals surface area contributed by atoms with E-state index in [4.69, 9.17) is 22.3 Å². The lowest BCUT2D eigenvalue weighted by atomic mass is 9.72. The van der Waals surface area contributed by atoms with Crippen molar-refractivity contribution in [3.63, 3.8) is 0 Å². The lowest BCUT2D eigenvalue weighted by Gasteiger charge is -2.54. The van der Waals surface area contributed by atoms with Crippen LogP contribution in [0.15, 0.2) is 58.9 Å². The molecular formula is C34H36ClFN6O4S. The molecule has 0 radical (unpaired) electrons. The molecule has 6 rings (SSSR count). The van der Waals surface area contributed by atoms with E-state index >= 15 is 4.39 Å². The number of fused-ring (bicyclic) bond motifs is 1. The van der Waals surface area contributed by atoms with Crippen LogP contribution in [0, 0.1) is 18.2 Å². The molecule has 0 saturated carbocycles. The minimum Gasteiger partial charge on any atom is -0.398 e. The first-order valence-corrected chi connectivity index (χ1v) is 17.6. The van der Waals surface area contributed by atoms with Crippen LogP contribution in [0.2, 0.25) is 5.02 Å². The van der Waals surface area contributed by atoms with Crippen molar-refractivity contribution in [3.05, 3.63) is 81.6 Å². The summed E-state index contributed by atoms with van der Waals surface area (Å²) in [4.78, 5) is 39.5. The van der Waals surface area contributed by atoms with Gasteiger partial charge < -0.3 is 15.5 Å². The smallest absolute Gasteiger partial charge is 0.277 e. The maximum atomic E-state index is 15.3. The molecule has 246 valence electrons. The Labute approximate surface area is 277 Å². The quantitative estimate of drug-likeness (QED) is 0.216. The van der Waals surface area contributed by atoms with Crippen LogP contribution in [-0.2, 0) is 14.6 Å². The van der Waals surface area contributed by atoms with Gasteiger partial charge in [-0.25, -0.2) is 17.8 Å². The van der Waals surface area contributed by atoms with E-state index in [1.54, 1.807) is 23.2 Å². The molecule has 1 aromatic carbocycles. The maximum absolute atomic E-state index is 15.3. The molecule has 1 amide bonds. The van der Waals surface area contributed by atoms with Crippen molar-refractivity contribution in [1.82, 2.24) is 19.4 Å². The van der Waals surface area contributed by atoms with Gasteiger partial charge in [0.15, 0.2) is 14.7 Å². The predicted octanol–water partition coefficient (Wildman–Crippen LogP) is 5.27. The van der Waals surface area contributed by atoms with Crippen molar-refractivity contribution < 1.29 is 17.6 Å². The molecule has 3 aromatic heterocycles. The highest BCUT2D eigenvalue weighted by atomic mass is 35.5. The number of likely N-dealkylation sites (tertiary alicyclic amines) is 1. The second kappa shape index (κ2) is 11.7. The fourth-order valence-corrected chi connectivity index (χ4v) is 8.17. The first-order chi connectivity index (χ1) is 22.2. The molecule has 10 nitrogen and oxygen atoms in total. The molecule has 47 heavy (non-hydrogen) atoms. The van der Waals surface area contributed by atoms with Crippen LogP contribution in [0.25, 0.3) is 28.0 Å². The highest BCUT2D eigenvalue weighted by molar-refractivity contribution is 7.90. The number of rotatable bonds is 6. The van der Waals surface area contributed by atoms with Crippen LogP contribution in [-0.4, -0.2) is 66.2 Å². The number of sulfone groups is 1. The lowest BCUT2D eigenvalue weighted by molar-refractivity contribution is -0.139. The number of pyridine rings is 3. The number of halogens is 2. The Bertz CT molecular complexity index is 2110. The Kier molecular flexibility index (Phi) is 8.16. The summed E-state index contributed by atoms with van der Waals surface area (Å²) in [5.41, 5.74) is 7.35. The van der Waals surface area contributed by atoms with Crippen molar-refractivity contribution >= 4 is 49.8 Å². The standard InChI is InChI=1S/C34H36ClFN6O4S/c1-6-25(43)41-17-34(18-41)11-14-40(15-12-34)30-21-16-22(35)28(26-23(36)8-7-9-24(26)37)39-32(21)42(33(44)31(30)47(5,45)46)29-20(4)10-13-38-27(29)19(2)3/h6-10,13,16,19H,1,11-12,14-15,17-18,37H2,2-5H3. The number of hydrogen-bond donors (Lipinski definition) is 1. The molecule has 2 aliphatic heterocycles. The van der Waals surface area contributed by atoms with E-state index in [2.05, 4.69) is 11.6 Å². The van der Waals surface area contributed by atoms with Gasteiger partial charge in [-0.05, 0) is 61.6 Å². The monoisotopic (exact) mass is 678 g/mol. The van der Waals surface area contributed by atoms with E-state index in [0.29, 0.717) is 61.4 Å². The van der Waals surface area contributed by atoms with Gasteiger partial charge in [0, 0.05) is 55.1 Å². The SMILES string of the molecule is C=CC(=O)N1CC2(CCN(c3c(S(C)(=O)=O)c(=O)n(-c4c(C)ccnc4C(C)C)c4nc(-c5c(N)cccc5F)c(Cl)cc34)CC2)C1. The number of piperidine rings is 1. The Morgan fingerprint density at radius 1 is 1.17 bits per heavy atom. The number of nitrogens with zero attached hydrogens (tertiary/aromatic N) is 5. The molecule has 0 atom stereocenters. The maximum Gasteiger partial charge on any atom is 0.277 e. The van der Waals surface area contributed by atoms with Crippen LogP contribution in [0.1, 0.15) is 43.9 Å². The number of aromatic nitrogens is 3. The third kappa shape index (κ3) is 5.46. The Morgan fingerprint density at radius 2 is 1.85 bits per heavy atom. The minimum absolute atomic E-state index is 0.0210. The molecule has 0 bridgehead atoms. The number of benzene rings is 1. The van der Waals surface area contributed by atoms with Gasteiger partial charge in [-0.1, -0.05) is 38.1 Å². The molecule has 4 aromatic rings. The first kappa shape index (κ1) is 32.6. The summed E-state index contributed by atoms with van der Waals surface area (Å²) in [5.74, 6) is -0.909. The Morgan fingerprint density at radius 3 is 2.45 bits per heavy atom. The van der Waals surface area contributed by atoms with E-state index in [-0.39, 0.29) is 55.4 Å². The number of anilines is 2. The first-order valence-electron chi connectivity index (χ1n) is 15.3. The van der Waals surface area contributed by atoms with E-state index in [0.717, 1.165) is 6.26 Å². The van der Waals surface area contributed by atoms with Crippen molar-refractivity contribution in [3.8, 4) is 16.9 Å². The number of hydrogen-bond acceptors (Lipinski definition) is 8. The van der Waals surface area contributed by atoms with Gasteiger partial charge in [0.05, 0.1) is 33.3 Å². The van der Waals surface area contributed by atoms with E-state index in [9.17, 15) is 18.0 Å². The summed E-state index contributed by atoms with van der Waals surface area (Å²) in [6, 6.07) is 7.53. The molecule has 2 fully saturated rings. The molecule has 13 heteroatoms. The van der Waals surface area contributed by atoms with E-state index < -0.39 is 21.2 Å². The highest BCUT2D eigenvalue weighted by Gasteiger charge is 2.47. The molecule has 0 aliphatic carbocycles. The summed E-state index contributed by atoms with van der Waals surface area (Å²) in [6.07, 6.45) is 5.30. The van der Waals surface area contributed by atoms with Gasteiger partial charge in [0.25, 0.3) is 5.56 Å². The average Bonchev–Trinajstić information content (AvgIpc) is 2.99. The van der Waals surface area contributed by atoms with Crippen molar-refractivity contribution in [2.75, 3.05) is 43.1 Å². The number of aryl methyl sites for hydroxylation is 1. The molecular weight excluding hydrogens is 643 g/mol. The van der Waals surface area contributed by atoms with Gasteiger partial charge in [-0.2, -0.15) is 0 Å². The number of carbonyl (C=O) groups excluding carboxylic acids is 1. The fourth-order valence-electron chi connectivity index (χ4n) is 6.92. The zero-order chi connectivity index (χ0) is 34.0. The fraction of sp³-hybridized carbons (Fsp3) is 0.353. The van der Waals surface area contributed by atoms with Gasteiger partial charge in [-0.15, -0.1) is 0 Å².